The molecule has 1 aliphatic rings. The van der Waals surface area contributed by atoms with Gasteiger partial charge < -0.3 is 4.90 Å². The lowest BCUT2D eigenvalue weighted by molar-refractivity contribution is -0.130. The van der Waals surface area contributed by atoms with Crippen molar-refractivity contribution in [3.63, 3.8) is 0 Å². The molecule has 2 heterocycles. The third-order valence-electron chi connectivity index (χ3n) is 3.85. The van der Waals surface area contributed by atoms with E-state index in [-0.39, 0.29) is 5.91 Å². The molecule has 1 aliphatic heterocycles. The van der Waals surface area contributed by atoms with Gasteiger partial charge in [0.05, 0.1) is 5.75 Å². The van der Waals surface area contributed by atoms with Crippen LogP contribution in [-0.2, 0) is 4.79 Å². The van der Waals surface area contributed by atoms with E-state index < -0.39 is 0 Å². The van der Waals surface area contributed by atoms with E-state index in [0.29, 0.717) is 16.8 Å². The van der Waals surface area contributed by atoms with E-state index >= 15 is 0 Å². The first-order valence-corrected chi connectivity index (χ1v) is 8.59. The molecule has 0 spiro atoms. The van der Waals surface area contributed by atoms with Crippen molar-refractivity contribution in [1.82, 2.24) is 20.1 Å². The van der Waals surface area contributed by atoms with Gasteiger partial charge >= 0.3 is 0 Å². The van der Waals surface area contributed by atoms with E-state index in [2.05, 4.69) is 22.1 Å². The Hall–Kier alpha value is -1.82. The number of aromatic nitrogens is 3. The zero-order valence-corrected chi connectivity index (χ0v) is 13.5. The molecule has 1 amide bonds. The minimum Gasteiger partial charge on any atom is -0.342 e. The van der Waals surface area contributed by atoms with Crippen molar-refractivity contribution in [3.05, 3.63) is 30.3 Å². The summed E-state index contributed by atoms with van der Waals surface area (Å²) in [7, 11) is 0. The molecule has 0 aliphatic carbocycles. The Morgan fingerprint density at radius 1 is 1.41 bits per heavy atom. The molecular weight excluding hydrogens is 296 g/mol. The maximum Gasteiger partial charge on any atom is 0.233 e. The van der Waals surface area contributed by atoms with Crippen molar-refractivity contribution in [2.45, 2.75) is 24.9 Å². The van der Waals surface area contributed by atoms with E-state index in [1.165, 1.54) is 18.2 Å². The van der Waals surface area contributed by atoms with Gasteiger partial charge in [-0.15, -0.1) is 5.10 Å². The summed E-state index contributed by atoms with van der Waals surface area (Å²) < 4.78 is 0. The average molecular weight is 316 g/mol. The second kappa shape index (κ2) is 6.96. The van der Waals surface area contributed by atoms with Crippen LogP contribution in [0.5, 0.6) is 0 Å². The number of likely N-dealkylation sites (tertiary alicyclic amines) is 1. The number of H-pyrrole nitrogens is 1. The van der Waals surface area contributed by atoms with Gasteiger partial charge in [0.15, 0.2) is 5.82 Å². The van der Waals surface area contributed by atoms with Gasteiger partial charge in [0, 0.05) is 18.7 Å². The van der Waals surface area contributed by atoms with Crippen molar-refractivity contribution >= 4 is 17.7 Å². The highest BCUT2D eigenvalue weighted by molar-refractivity contribution is 7.99. The number of carbonyl (C=O) groups is 1. The van der Waals surface area contributed by atoms with Crippen LogP contribution in [0.15, 0.2) is 35.5 Å². The van der Waals surface area contributed by atoms with Crippen molar-refractivity contribution in [2.24, 2.45) is 5.92 Å². The quantitative estimate of drug-likeness (QED) is 0.881. The number of benzene rings is 1. The summed E-state index contributed by atoms with van der Waals surface area (Å²) in [6, 6.07) is 9.86. The second-order valence-corrected chi connectivity index (χ2v) is 6.65. The summed E-state index contributed by atoms with van der Waals surface area (Å²) in [5.41, 5.74) is 0.998. The van der Waals surface area contributed by atoms with E-state index in [9.17, 15) is 4.79 Å². The number of piperidine rings is 1. The molecule has 0 saturated carbocycles. The van der Waals surface area contributed by atoms with Gasteiger partial charge in [-0.3, -0.25) is 9.89 Å². The fourth-order valence-corrected chi connectivity index (χ4v) is 3.37. The molecule has 0 bridgehead atoms. The SMILES string of the molecule is CC1CCCN(C(=O)CSc2n[nH]c(-c3ccccc3)n2)C1. The monoisotopic (exact) mass is 316 g/mol. The third kappa shape index (κ3) is 3.68. The van der Waals surface area contributed by atoms with Gasteiger partial charge in [-0.05, 0) is 18.8 Å². The lowest BCUT2D eigenvalue weighted by atomic mass is 10.0. The number of rotatable bonds is 4. The van der Waals surface area contributed by atoms with Crippen LogP contribution >= 0.6 is 11.8 Å². The highest BCUT2D eigenvalue weighted by Gasteiger charge is 2.21. The first kappa shape index (κ1) is 15.1. The maximum atomic E-state index is 12.2. The van der Waals surface area contributed by atoms with E-state index in [1.54, 1.807) is 0 Å². The first-order chi connectivity index (χ1) is 10.7. The molecule has 1 saturated heterocycles. The number of hydrogen-bond donors (Lipinski definition) is 1. The topological polar surface area (TPSA) is 61.9 Å². The predicted molar refractivity (Wildman–Crippen MR) is 87.5 cm³/mol. The fraction of sp³-hybridized carbons (Fsp3) is 0.438. The Balaban J connectivity index is 1.56. The molecule has 1 fully saturated rings. The van der Waals surface area contributed by atoms with Crippen LogP contribution in [-0.4, -0.2) is 44.8 Å². The summed E-state index contributed by atoms with van der Waals surface area (Å²) in [5, 5.41) is 7.73. The number of amides is 1. The number of carbonyl (C=O) groups excluding carboxylic acids is 1. The minimum absolute atomic E-state index is 0.183. The van der Waals surface area contributed by atoms with Crippen LogP contribution in [0.4, 0.5) is 0 Å². The van der Waals surface area contributed by atoms with Gasteiger partial charge in [0.1, 0.15) is 0 Å². The van der Waals surface area contributed by atoms with E-state index in [4.69, 9.17) is 0 Å². The molecule has 116 valence electrons. The fourth-order valence-electron chi connectivity index (χ4n) is 2.67. The number of hydrogen-bond acceptors (Lipinski definition) is 4. The molecule has 1 N–H and O–H groups in total. The Labute approximate surface area is 134 Å². The number of aromatic amines is 1. The summed E-state index contributed by atoms with van der Waals surface area (Å²) >= 11 is 1.39. The number of nitrogens with zero attached hydrogens (tertiary/aromatic N) is 3. The van der Waals surface area contributed by atoms with Gasteiger partial charge in [0.25, 0.3) is 0 Å². The Morgan fingerprint density at radius 2 is 2.23 bits per heavy atom. The lowest BCUT2D eigenvalue weighted by Crippen LogP contribution is -2.40. The number of thioether (sulfide) groups is 1. The van der Waals surface area contributed by atoms with Gasteiger partial charge in [-0.2, -0.15) is 0 Å². The molecular formula is C16H20N4OS. The molecule has 2 aromatic rings. The Bertz CT molecular complexity index is 628. The average Bonchev–Trinajstić information content (AvgIpc) is 3.02. The smallest absolute Gasteiger partial charge is 0.233 e. The van der Waals surface area contributed by atoms with Crippen LogP contribution in [0.1, 0.15) is 19.8 Å². The summed E-state index contributed by atoms with van der Waals surface area (Å²) in [4.78, 5) is 18.6. The third-order valence-corrected chi connectivity index (χ3v) is 4.68. The summed E-state index contributed by atoms with van der Waals surface area (Å²) in [6.45, 7) is 3.96. The van der Waals surface area contributed by atoms with Gasteiger partial charge in [-0.1, -0.05) is 49.0 Å². The van der Waals surface area contributed by atoms with E-state index in [0.717, 1.165) is 30.9 Å². The van der Waals surface area contributed by atoms with Crippen LogP contribution < -0.4 is 0 Å². The predicted octanol–water partition coefficient (Wildman–Crippen LogP) is 2.82. The van der Waals surface area contributed by atoms with Crippen LogP contribution in [0.2, 0.25) is 0 Å². The zero-order chi connectivity index (χ0) is 15.4. The van der Waals surface area contributed by atoms with Gasteiger partial charge in [-0.25, -0.2) is 4.98 Å². The molecule has 0 radical (unpaired) electrons. The molecule has 1 unspecified atom stereocenters. The molecule has 5 nitrogen and oxygen atoms in total. The Kier molecular flexibility index (Phi) is 4.77. The summed E-state index contributed by atoms with van der Waals surface area (Å²) in [6.07, 6.45) is 2.33. The van der Waals surface area contributed by atoms with Crippen LogP contribution in [0.3, 0.4) is 0 Å². The van der Waals surface area contributed by atoms with Crippen molar-refractivity contribution in [3.8, 4) is 11.4 Å². The molecule has 1 aromatic heterocycles. The minimum atomic E-state index is 0.183. The highest BCUT2D eigenvalue weighted by Crippen LogP contribution is 2.21. The van der Waals surface area contributed by atoms with Crippen molar-refractivity contribution in [2.75, 3.05) is 18.8 Å². The molecule has 1 atom stereocenters. The van der Waals surface area contributed by atoms with Crippen molar-refractivity contribution < 1.29 is 4.79 Å². The van der Waals surface area contributed by atoms with Crippen LogP contribution in [0.25, 0.3) is 11.4 Å². The highest BCUT2D eigenvalue weighted by atomic mass is 32.2. The standard InChI is InChI=1S/C16H20N4OS/c1-12-6-5-9-20(10-12)14(21)11-22-16-17-15(18-19-16)13-7-3-2-4-8-13/h2-4,7-8,12H,5-6,9-11H2,1H3,(H,17,18,19). The second-order valence-electron chi connectivity index (χ2n) is 5.71. The van der Waals surface area contributed by atoms with Crippen molar-refractivity contribution in [1.29, 1.82) is 0 Å². The largest absolute Gasteiger partial charge is 0.342 e. The summed E-state index contributed by atoms with van der Waals surface area (Å²) in [5.74, 6) is 1.93. The lowest BCUT2D eigenvalue weighted by Gasteiger charge is -2.30. The zero-order valence-electron chi connectivity index (χ0n) is 12.7. The normalized spacial score (nSPS) is 18.4. The molecule has 3 rings (SSSR count). The number of nitrogens with one attached hydrogen (secondary N) is 1. The first-order valence-electron chi connectivity index (χ1n) is 7.61. The van der Waals surface area contributed by atoms with Crippen LogP contribution in [0, 0.1) is 5.92 Å². The maximum absolute atomic E-state index is 12.2. The Morgan fingerprint density at radius 3 is 3.00 bits per heavy atom. The van der Waals surface area contributed by atoms with Gasteiger partial charge in [0.2, 0.25) is 11.1 Å². The molecule has 1 aromatic carbocycles. The molecule has 22 heavy (non-hydrogen) atoms. The van der Waals surface area contributed by atoms with E-state index in [1.807, 2.05) is 35.2 Å². The molecule has 6 heteroatoms.